The second-order valence-corrected chi connectivity index (χ2v) is 6.46. The predicted molar refractivity (Wildman–Crippen MR) is 99.4 cm³/mol. The van der Waals surface area contributed by atoms with Gasteiger partial charge in [-0.15, -0.1) is 0 Å². The number of aromatic nitrogens is 2. The fraction of sp³-hybridized carbons (Fsp3) is 0.278. The van der Waals surface area contributed by atoms with Gasteiger partial charge in [0, 0.05) is 18.2 Å². The number of primary amides is 1. The second kappa shape index (κ2) is 7.98. The van der Waals surface area contributed by atoms with Crippen LogP contribution in [0.25, 0.3) is 6.08 Å². The molecule has 0 radical (unpaired) electrons. The molecule has 0 aliphatic heterocycles. The minimum Gasteiger partial charge on any atom is -0.366 e. The number of benzene rings is 1. The van der Waals surface area contributed by atoms with Crippen LogP contribution in [0.5, 0.6) is 0 Å². The quantitative estimate of drug-likeness (QED) is 0.775. The summed E-state index contributed by atoms with van der Waals surface area (Å²) in [7, 11) is 0. The largest absolute Gasteiger partial charge is 0.366 e. The third-order valence-corrected chi connectivity index (χ3v) is 3.90. The Bertz CT molecular complexity index is 824. The van der Waals surface area contributed by atoms with Crippen molar-refractivity contribution >= 4 is 35.2 Å². The number of nitrogens with one attached hydrogen (secondary N) is 1. The average molecular weight is 361 g/mol. The number of hydrogen-bond donors (Lipinski definition) is 2. The molecule has 0 bridgehead atoms. The van der Waals surface area contributed by atoms with E-state index in [-0.39, 0.29) is 11.5 Å². The van der Waals surface area contributed by atoms with Crippen LogP contribution >= 0.6 is 11.6 Å². The molecular weight excluding hydrogens is 340 g/mol. The molecule has 2 amide bonds. The topological polar surface area (TPSA) is 90.0 Å². The molecule has 0 aliphatic carbocycles. The SMILES string of the molecule is Cc1nn(CC(C)C)c(Cl)c1/C=C/C(=O)Nc1ccccc1C(N)=O. The number of carbonyl (C=O) groups excluding carboxylic acids is 2. The number of aryl methyl sites for hydroxylation is 1. The van der Waals surface area contributed by atoms with Crippen LogP contribution in [0.3, 0.4) is 0 Å². The second-order valence-electron chi connectivity index (χ2n) is 6.10. The molecule has 0 atom stereocenters. The smallest absolute Gasteiger partial charge is 0.250 e. The van der Waals surface area contributed by atoms with Gasteiger partial charge in [0.25, 0.3) is 5.91 Å². The van der Waals surface area contributed by atoms with E-state index in [1.807, 2.05) is 6.92 Å². The maximum absolute atomic E-state index is 12.1. The lowest BCUT2D eigenvalue weighted by Crippen LogP contribution is -2.16. The summed E-state index contributed by atoms with van der Waals surface area (Å²) in [5.74, 6) is -0.586. The van der Waals surface area contributed by atoms with Crippen LogP contribution in [0.1, 0.15) is 35.5 Å². The van der Waals surface area contributed by atoms with Crippen molar-refractivity contribution in [2.75, 3.05) is 5.32 Å². The molecule has 6 nitrogen and oxygen atoms in total. The molecule has 0 aliphatic rings. The number of amides is 2. The lowest BCUT2D eigenvalue weighted by atomic mass is 10.1. The number of anilines is 1. The molecule has 0 unspecified atom stereocenters. The number of hydrogen-bond acceptors (Lipinski definition) is 3. The molecule has 132 valence electrons. The first-order valence-corrected chi connectivity index (χ1v) is 8.28. The number of rotatable bonds is 6. The van der Waals surface area contributed by atoms with Gasteiger partial charge in [-0.3, -0.25) is 14.3 Å². The van der Waals surface area contributed by atoms with E-state index in [0.29, 0.717) is 28.9 Å². The zero-order chi connectivity index (χ0) is 18.6. The van der Waals surface area contributed by atoms with Crippen LogP contribution in [-0.2, 0) is 11.3 Å². The van der Waals surface area contributed by atoms with Gasteiger partial charge >= 0.3 is 0 Å². The van der Waals surface area contributed by atoms with Gasteiger partial charge in [-0.1, -0.05) is 37.6 Å². The highest BCUT2D eigenvalue weighted by Gasteiger charge is 2.13. The molecular formula is C18H21ClN4O2. The highest BCUT2D eigenvalue weighted by atomic mass is 35.5. The summed E-state index contributed by atoms with van der Waals surface area (Å²) in [6.45, 7) is 6.69. The van der Waals surface area contributed by atoms with Crippen molar-refractivity contribution < 1.29 is 9.59 Å². The van der Waals surface area contributed by atoms with E-state index in [1.165, 1.54) is 6.08 Å². The molecule has 0 saturated carbocycles. The minimum atomic E-state index is -0.603. The average Bonchev–Trinajstić information content (AvgIpc) is 2.79. The fourth-order valence-corrected chi connectivity index (χ4v) is 2.67. The normalized spacial score (nSPS) is 11.2. The number of nitrogens with zero attached hydrogens (tertiary/aromatic N) is 2. The van der Waals surface area contributed by atoms with Gasteiger partial charge in [-0.25, -0.2) is 0 Å². The number of para-hydroxylation sites is 1. The standard InChI is InChI=1S/C18H21ClN4O2/c1-11(2)10-23-17(19)13(12(3)22-23)8-9-16(24)21-15-7-5-4-6-14(15)18(20)25/h4-9,11H,10H2,1-3H3,(H2,20,25)(H,21,24)/b9-8+. The van der Waals surface area contributed by atoms with Crippen LogP contribution in [0.2, 0.25) is 5.15 Å². The van der Waals surface area contributed by atoms with Gasteiger partial charge in [-0.05, 0) is 31.1 Å². The molecule has 1 heterocycles. The van der Waals surface area contributed by atoms with E-state index in [0.717, 1.165) is 5.69 Å². The monoisotopic (exact) mass is 360 g/mol. The molecule has 2 aromatic rings. The lowest BCUT2D eigenvalue weighted by molar-refractivity contribution is -0.111. The van der Waals surface area contributed by atoms with Crippen LogP contribution in [0, 0.1) is 12.8 Å². The third-order valence-electron chi connectivity index (χ3n) is 3.50. The summed E-state index contributed by atoms with van der Waals surface area (Å²) in [4.78, 5) is 23.5. The Hall–Kier alpha value is -2.60. The highest BCUT2D eigenvalue weighted by molar-refractivity contribution is 6.31. The molecule has 2 rings (SSSR count). The van der Waals surface area contributed by atoms with E-state index in [1.54, 1.807) is 35.0 Å². The van der Waals surface area contributed by atoms with Crippen molar-refractivity contribution in [1.29, 1.82) is 0 Å². The predicted octanol–water partition coefficient (Wildman–Crippen LogP) is 3.25. The first-order chi connectivity index (χ1) is 11.8. The molecule has 0 fully saturated rings. The molecule has 7 heteroatoms. The fourth-order valence-electron chi connectivity index (χ4n) is 2.36. The Labute approximate surface area is 151 Å². The number of halogens is 1. The zero-order valence-electron chi connectivity index (χ0n) is 14.4. The summed E-state index contributed by atoms with van der Waals surface area (Å²) in [6.07, 6.45) is 2.97. The summed E-state index contributed by atoms with van der Waals surface area (Å²) < 4.78 is 1.72. The molecule has 0 spiro atoms. The molecule has 0 saturated heterocycles. The Kier molecular flexibility index (Phi) is 5.98. The van der Waals surface area contributed by atoms with Crippen LogP contribution < -0.4 is 11.1 Å². The molecule has 3 N–H and O–H groups in total. The van der Waals surface area contributed by atoms with Crippen molar-refractivity contribution in [3.63, 3.8) is 0 Å². The Morgan fingerprint density at radius 2 is 2.04 bits per heavy atom. The van der Waals surface area contributed by atoms with E-state index >= 15 is 0 Å². The summed E-state index contributed by atoms with van der Waals surface area (Å²) in [6, 6.07) is 6.56. The van der Waals surface area contributed by atoms with Gasteiger partial charge in [0.15, 0.2) is 0 Å². The minimum absolute atomic E-state index is 0.253. The Morgan fingerprint density at radius 3 is 2.68 bits per heavy atom. The Morgan fingerprint density at radius 1 is 1.36 bits per heavy atom. The summed E-state index contributed by atoms with van der Waals surface area (Å²) >= 11 is 6.34. The molecule has 1 aromatic carbocycles. The van der Waals surface area contributed by atoms with E-state index in [2.05, 4.69) is 24.3 Å². The van der Waals surface area contributed by atoms with Gasteiger partial charge in [0.1, 0.15) is 5.15 Å². The third kappa shape index (κ3) is 4.70. The maximum atomic E-state index is 12.1. The van der Waals surface area contributed by atoms with Crippen molar-refractivity contribution in [3.8, 4) is 0 Å². The highest BCUT2D eigenvalue weighted by Crippen LogP contribution is 2.22. The molecule has 1 aromatic heterocycles. The first kappa shape index (κ1) is 18.7. The van der Waals surface area contributed by atoms with Crippen LogP contribution in [0.4, 0.5) is 5.69 Å². The number of nitrogens with two attached hydrogens (primary N) is 1. The van der Waals surface area contributed by atoms with Gasteiger partial charge in [0.05, 0.1) is 16.9 Å². The van der Waals surface area contributed by atoms with Gasteiger partial charge < -0.3 is 11.1 Å². The Balaban J connectivity index is 2.16. The van der Waals surface area contributed by atoms with Gasteiger partial charge in [0.2, 0.25) is 5.91 Å². The summed E-state index contributed by atoms with van der Waals surface area (Å²) in [5, 5.41) is 7.53. The van der Waals surface area contributed by atoms with Crippen molar-refractivity contribution in [2.24, 2.45) is 11.7 Å². The van der Waals surface area contributed by atoms with Gasteiger partial charge in [-0.2, -0.15) is 5.10 Å². The van der Waals surface area contributed by atoms with Crippen LogP contribution in [0.15, 0.2) is 30.3 Å². The van der Waals surface area contributed by atoms with E-state index in [9.17, 15) is 9.59 Å². The van der Waals surface area contributed by atoms with Crippen LogP contribution in [-0.4, -0.2) is 21.6 Å². The van der Waals surface area contributed by atoms with E-state index < -0.39 is 5.91 Å². The molecule has 25 heavy (non-hydrogen) atoms. The summed E-state index contributed by atoms with van der Waals surface area (Å²) in [5.41, 5.74) is 7.36. The van der Waals surface area contributed by atoms with E-state index in [4.69, 9.17) is 17.3 Å². The first-order valence-electron chi connectivity index (χ1n) is 7.90. The van der Waals surface area contributed by atoms with Crippen molar-refractivity contribution in [3.05, 3.63) is 52.3 Å². The number of carbonyl (C=O) groups is 2. The zero-order valence-corrected chi connectivity index (χ0v) is 15.2. The lowest BCUT2D eigenvalue weighted by Gasteiger charge is -2.06. The van der Waals surface area contributed by atoms with Crippen molar-refractivity contribution in [2.45, 2.75) is 27.3 Å². The maximum Gasteiger partial charge on any atom is 0.250 e. The van der Waals surface area contributed by atoms with Crippen molar-refractivity contribution in [1.82, 2.24) is 9.78 Å².